The number of carbonyl (C=O) groups excluding carboxylic acids is 1. The summed E-state index contributed by atoms with van der Waals surface area (Å²) in [6.45, 7) is 0. The van der Waals surface area contributed by atoms with Crippen molar-refractivity contribution in [3.05, 3.63) is 0 Å². The van der Waals surface area contributed by atoms with Gasteiger partial charge < -0.3 is 0 Å². The Labute approximate surface area is 138 Å². The molecule has 0 heterocycles. The second-order valence-corrected chi connectivity index (χ2v) is 8.02. The maximum Gasteiger partial charge on any atom is 0.255 e. The molecule has 0 aromatic rings. The molecule has 0 radical (unpaired) electrons. The number of hydrogen-bond acceptors (Lipinski definition) is 7. The summed E-state index contributed by atoms with van der Waals surface area (Å²) in [4.78, 5) is 13.8. The highest BCUT2D eigenvalue weighted by Gasteiger charge is 2.20. The van der Waals surface area contributed by atoms with E-state index >= 15 is 0 Å². The van der Waals surface area contributed by atoms with Crippen molar-refractivity contribution in [2.45, 2.75) is 0 Å². The molecule has 0 rings (SSSR count). The fourth-order valence-electron chi connectivity index (χ4n) is 0.990. The van der Waals surface area contributed by atoms with Crippen LogP contribution in [0.15, 0.2) is 0 Å². The standard InChI is InChI=1S/C8H16N4O3S5/c1-11(7(16)18-3)9-6(13)5-20(14,15)10-12(2)8(17)19-4/h10H,5H2,1-4H3,(H,9,13). The van der Waals surface area contributed by atoms with Gasteiger partial charge in [-0.25, -0.2) is 8.42 Å². The molecular weight excluding hydrogens is 360 g/mol. The smallest absolute Gasteiger partial charge is 0.255 e. The number of thiocarbonyl (C=S) groups is 2. The van der Waals surface area contributed by atoms with E-state index in [0.29, 0.717) is 8.64 Å². The molecule has 0 aliphatic rings. The van der Waals surface area contributed by atoms with Gasteiger partial charge in [0.2, 0.25) is 10.0 Å². The molecule has 0 unspecified atom stereocenters. The van der Waals surface area contributed by atoms with Crippen molar-refractivity contribution in [2.24, 2.45) is 0 Å². The van der Waals surface area contributed by atoms with Crippen LogP contribution in [0.1, 0.15) is 0 Å². The molecule has 2 N–H and O–H groups in total. The number of nitrogens with zero attached hydrogens (tertiary/aromatic N) is 2. The first kappa shape index (κ1) is 19.9. The van der Waals surface area contributed by atoms with E-state index in [0.717, 1.165) is 0 Å². The molecule has 0 aliphatic heterocycles. The van der Waals surface area contributed by atoms with Crippen LogP contribution >= 0.6 is 48.0 Å². The molecule has 0 aliphatic carbocycles. The topological polar surface area (TPSA) is 81.8 Å². The highest BCUT2D eigenvalue weighted by molar-refractivity contribution is 8.22. The highest BCUT2D eigenvalue weighted by atomic mass is 32.2. The van der Waals surface area contributed by atoms with E-state index < -0.39 is 21.7 Å². The fourth-order valence-corrected chi connectivity index (χ4v) is 2.82. The van der Waals surface area contributed by atoms with Gasteiger partial charge in [0, 0.05) is 14.1 Å². The molecule has 0 bridgehead atoms. The lowest BCUT2D eigenvalue weighted by molar-refractivity contribution is -0.121. The van der Waals surface area contributed by atoms with Crippen molar-refractivity contribution in [1.82, 2.24) is 20.3 Å². The average molecular weight is 377 g/mol. The Morgan fingerprint density at radius 2 is 1.55 bits per heavy atom. The van der Waals surface area contributed by atoms with Crippen LogP contribution in [0.5, 0.6) is 0 Å². The summed E-state index contributed by atoms with van der Waals surface area (Å²) in [6, 6.07) is 0. The summed E-state index contributed by atoms with van der Waals surface area (Å²) in [7, 11) is -0.832. The molecule has 7 nitrogen and oxygen atoms in total. The number of hydrogen-bond donors (Lipinski definition) is 2. The number of thioether (sulfide) groups is 2. The summed E-state index contributed by atoms with van der Waals surface area (Å²) < 4.78 is 24.3. The van der Waals surface area contributed by atoms with E-state index in [1.807, 2.05) is 0 Å². The summed E-state index contributed by atoms with van der Waals surface area (Å²) in [5, 5.41) is 2.45. The van der Waals surface area contributed by atoms with E-state index in [9.17, 15) is 13.2 Å². The first-order valence-electron chi connectivity index (χ1n) is 5.06. The lowest BCUT2D eigenvalue weighted by atomic mass is 10.7. The van der Waals surface area contributed by atoms with Crippen molar-refractivity contribution in [3.8, 4) is 0 Å². The van der Waals surface area contributed by atoms with Crippen LogP contribution < -0.4 is 10.3 Å². The van der Waals surface area contributed by atoms with Gasteiger partial charge in [0.25, 0.3) is 5.91 Å². The lowest BCUT2D eigenvalue weighted by Gasteiger charge is -2.21. The molecule has 0 aromatic carbocycles. The van der Waals surface area contributed by atoms with Crippen molar-refractivity contribution in [1.29, 1.82) is 0 Å². The van der Waals surface area contributed by atoms with Crippen molar-refractivity contribution in [3.63, 3.8) is 0 Å². The molecule has 12 heteroatoms. The minimum absolute atomic E-state index is 0.342. The van der Waals surface area contributed by atoms with E-state index in [1.165, 1.54) is 47.6 Å². The lowest BCUT2D eigenvalue weighted by Crippen LogP contribution is -2.48. The van der Waals surface area contributed by atoms with Gasteiger partial charge in [-0.15, -0.1) is 4.83 Å². The van der Waals surface area contributed by atoms with Gasteiger partial charge in [-0.1, -0.05) is 48.0 Å². The zero-order valence-corrected chi connectivity index (χ0v) is 15.5. The molecule has 0 spiro atoms. The third kappa shape index (κ3) is 7.59. The second kappa shape index (κ2) is 9.00. The van der Waals surface area contributed by atoms with E-state index in [1.54, 1.807) is 12.5 Å². The van der Waals surface area contributed by atoms with Gasteiger partial charge in [-0.05, 0) is 12.5 Å². The zero-order chi connectivity index (χ0) is 15.9. The normalized spacial score (nSPS) is 10.8. The third-order valence-corrected chi connectivity index (χ3v) is 5.77. The number of sulfonamides is 1. The van der Waals surface area contributed by atoms with Crippen LogP contribution in [0.3, 0.4) is 0 Å². The van der Waals surface area contributed by atoms with Crippen LogP contribution in [0.25, 0.3) is 0 Å². The number of hydrazine groups is 2. The van der Waals surface area contributed by atoms with Gasteiger partial charge in [0.15, 0.2) is 8.64 Å². The van der Waals surface area contributed by atoms with Crippen LogP contribution in [0, 0.1) is 0 Å². The zero-order valence-electron chi connectivity index (χ0n) is 11.4. The SMILES string of the molecule is CSC(=S)N(C)NC(=O)CS(=O)(=O)NN(C)C(=S)SC. The van der Waals surface area contributed by atoms with E-state index in [4.69, 9.17) is 24.4 Å². The van der Waals surface area contributed by atoms with Gasteiger partial charge >= 0.3 is 0 Å². The first-order chi connectivity index (χ1) is 9.12. The van der Waals surface area contributed by atoms with Crippen molar-refractivity contribution >= 4 is 72.5 Å². The molecule has 0 saturated heterocycles. The van der Waals surface area contributed by atoms with Crippen LogP contribution in [-0.4, -0.2) is 65.3 Å². The van der Waals surface area contributed by atoms with Gasteiger partial charge in [-0.2, -0.15) is 0 Å². The number of carbonyl (C=O) groups is 1. The molecular formula is C8H16N4O3S5. The number of rotatable bonds is 4. The van der Waals surface area contributed by atoms with Crippen LogP contribution in [-0.2, 0) is 14.8 Å². The molecule has 20 heavy (non-hydrogen) atoms. The second-order valence-electron chi connectivity index (χ2n) is 3.44. The maximum absolute atomic E-state index is 11.8. The number of nitrogens with one attached hydrogen (secondary N) is 2. The predicted octanol–water partition coefficient (Wildman–Crippen LogP) is 0.0114. The first-order valence-corrected chi connectivity index (χ1v) is 9.97. The van der Waals surface area contributed by atoms with Gasteiger partial charge in [-0.3, -0.25) is 20.2 Å². The molecule has 0 fully saturated rings. The van der Waals surface area contributed by atoms with E-state index in [-0.39, 0.29) is 0 Å². The number of amides is 1. The minimum Gasteiger partial charge on any atom is -0.283 e. The largest absolute Gasteiger partial charge is 0.283 e. The Morgan fingerprint density at radius 1 is 1.10 bits per heavy atom. The molecule has 116 valence electrons. The Balaban J connectivity index is 4.51. The van der Waals surface area contributed by atoms with Crippen molar-refractivity contribution in [2.75, 3.05) is 32.4 Å². The maximum atomic E-state index is 11.8. The van der Waals surface area contributed by atoms with Crippen LogP contribution in [0.4, 0.5) is 0 Å². The summed E-state index contributed by atoms with van der Waals surface area (Å²) >= 11 is 12.3. The van der Waals surface area contributed by atoms with Crippen LogP contribution in [0.2, 0.25) is 0 Å². The third-order valence-electron chi connectivity index (χ3n) is 1.79. The molecule has 0 atom stereocenters. The fraction of sp³-hybridized carbons (Fsp3) is 0.625. The molecule has 0 saturated carbocycles. The van der Waals surface area contributed by atoms with Gasteiger partial charge in [0.1, 0.15) is 5.75 Å². The van der Waals surface area contributed by atoms with Gasteiger partial charge in [0.05, 0.1) is 0 Å². The highest BCUT2D eigenvalue weighted by Crippen LogP contribution is 2.02. The Morgan fingerprint density at radius 3 is 2.00 bits per heavy atom. The monoisotopic (exact) mass is 376 g/mol. The summed E-state index contributed by atoms with van der Waals surface area (Å²) in [6.07, 6.45) is 3.47. The molecule has 1 amide bonds. The summed E-state index contributed by atoms with van der Waals surface area (Å²) in [5.41, 5.74) is 2.36. The predicted molar refractivity (Wildman–Crippen MR) is 92.8 cm³/mol. The summed E-state index contributed by atoms with van der Waals surface area (Å²) in [5.74, 6) is -1.42. The van der Waals surface area contributed by atoms with Crippen molar-refractivity contribution < 1.29 is 13.2 Å². The average Bonchev–Trinajstić information content (AvgIpc) is 2.34. The Hall–Kier alpha value is -0.140. The quantitative estimate of drug-likeness (QED) is 0.521. The molecule has 0 aromatic heterocycles. The Bertz CT molecular complexity index is 481. The Kier molecular flexibility index (Phi) is 8.93. The minimum atomic E-state index is -3.83. The van der Waals surface area contributed by atoms with E-state index in [2.05, 4.69) is 10.3 Å².